The number of alkyl halides is 2. The van der Waals surface area contributed by atoms with Gasteiger partial charge < -0.3 is 14.5 Å². The molecule has 0 aliphatic heterocycles. The van der Waals surface area contributed by atoms with Gasteiger partial charge in [-0.15, -0.1) is 10.2 Å². The van der Waals surface area contributed by atoms with Gasteiger partial charge in [-0.1, -0.05) is 19.6 Å². The third-order valence-corrected chi connectivity index (χ3v) is 4.59. The first-order valence-corrected chi connectivity index (χ1v) is 10.4. The summed E-state index contributed by atoms with van der Waals surface area (Å²) in [7, 11) is -1.88. The topological polar surface area (TPSA) is 132 Å². The molecule has 2 heterocycles. The molecule has 0 spiro atoms. The molecule has 10 nitrogen and oxygen atoms in total. The van der Waals surface area contributed by atoms with Crippen molar-refractivity contribution in [1.82, 2.24) is 24.9 Å². The van der Waals surface area contributed by atoms with E-state index in [2.05, 4.69) is 30.2 Å². The molecule has 0 amide bonds. The van der Waals surface area contributed by atoms with E-state index in [1.54, 1.807) is 31.4 Å². The van der Waals surface area contributed by atoms with Gasteiger partial charge in [-0.05, 0) is 17.7 Å². The predicted molar refractivity (Wildman–Crippen MR) is 109 cm³/mol. The molecule has 3 rings (SSSR count). The highest BCUT2D eigenvalue weighted by Crippen LogP contribution is 2.24. The number of hydrogen-bond donors (Lipinski definition) is 2. The van der Waals surface area contributed by atoms with E-state index < -0.39 is 28.4 Å². The van der Waals surface area contributed by atoms with Gasteiger partial charge in [0.1, 0.15) is 5.75 Å². The molecule has 2 N–H and O–H groups in total. The van der Waals surface area contributed by atoms with E-state index in [1.165, 1.54) is 12.4 Å². The Balaban J connectivity index is 0.00000341. The smallest absolute Gasteiger partial charge is 0.314 e. The lowest BCUT2D eigenvalue weighted by Gasteiger charge is -2.19. The number of nitrogens with one attached hydrogen (secondary N) is 2. The molecular formula is C18H22F2N6O4S. The van der Waals surface area contributed by atoms with Crippen molar-refractivity contribution in [1.29, 1.82) is 0 Å². The average molecular weight is 456 g/mol. The number of hydrogen-bond acceptors (Lipinski definition) is 9. The van der Waals surface area contributed by atoms with Crippen molar-refractivity contribution < 1.29 is 26.4 Å². The number of rotatable bonds is 9. The third kappa shape index (κ3) is 6.65. The second kappa shape index (κ2) is 10.2. The van der Waals surface area contributed by atoms with Crippen molar-refractivity contribution in [3.63, 3.8) is 0 Å². The largest absolute Gasteiger partial charge is 0.497 e. The summed E-state index contributed by atoms with van der Waals surface area (Å²) in [6.45, 7) is 0.0394. The van der Waals surface area contributed by atoms with Crippen molar-refractivity contribution in [2.45, 2.75) is 19.9 Å². The fraction of sp³-hybridized carbons (Fsp3) is 0.333. The second-order valence-corrected chi connectivity index (χ2v) is 7.97. The number of sulfonamides is 1. The lowest BCUT2D eigenvalue weighted by atomic mass is 10.1. The Morgan fingerprint density at radius 2 is 1.77 bits per heavy atom. The van der Waals surface area contributed by atoms with Crippen molar-refractivity contribution in [3.8, 4) is 17.2 Å². The SMILES string of the molecule is C.COc1ccc(C(CNS(C)(=O)=O)Nc2ncc(-c3nnc(C(F)F)o3)cn2)cc1. The standard InChI is InChI=1S/C17H18F2N6O4S.CH4/c1-28-12-5-3-10(4-6-12)13(9-22-30(2,26)27)23-17-20-7-11(8-21-17)15-24-25-16(29-15)14(18)19;/h3-8,13-14,22H,9H2,1-2H3,(H,20,21,23);1H4. The molecule has 0 fully saturated rings. The zero-order chi connectivity index (χ0) is 21.7. The molecular weight excluding hydrogens is 434 g/mol. The van der Waals surface area contributed by atoms with Crippen LogP contribution >= 0.6 is 0 Å². The number of nitrogens with zero attached hydrogens (tertiary/aromatic N) is 4. The molecule has 31 heavy (non-hydrogen) atoms. The van der Waals surface area contributed by atoms with Gasteiger partial charge in [-0.25, -0.2) is 23.1 Å². The minimum atomic E-state index is -3.42. The van der Waals surface area contributed by atoms with Crippen LogP contribution in [0.2, 0.25) is 0 Å². The summed E-state index contributed by atoms with van der Waals surface area (Å²) in [4.78, 5) is 8.23. The van der Waals surface area contributed by atoms with E-state index in [-0.39, 0.29) is 31.4 Å². The van der Waals surface area contributed by atoms with Gasteiger partial charge in [0.05, 0.1) is 25.0 Å². The van der Waals surface area contributed by atoms with E-state index in [4.69, 9.17) is 9.15 Å². The Morgan fingerprint density at radius 3 is 2.29 bits per heavy atom. The quantitative estimate of drug-likeness (QED) is 0.499. The number of methoxy groups -OCH3 is 1. The van der Waals surface area contributed by atoms with Crippen molar-refractivity contribution in [2.75, 3.05) is 25.2 Å². The van der Waals surface area contributed by atoms with E-state index in [0.29, 0.717) is 5.75 Å². The summed E-state index contributed by atoms with van der Waals surface area (Å²) in [5, 5.41) is 9.81. The molecule has 168 valence electrons. The fourth-order valence-corrected chi connectivity index (χ4v) is 2.90. The molecule has 0 aliphatic rings. The van der Waals surface area contributed by atoms with Crippen LogP contribution in [0.1, 0.15) is 31.3 Å². The maximum atomic E-state index is 12.6. The maximum Gasteiger partial charge on any atom is 0.314 e. The van der Waals surface area contributed by atoms with Gasteiger partial charge in [0.15, 0.2) is 0 Å². The van der Waals surface area contributed by atoms with Gasteiger partial charge in [0.25, 0.3) is 11.8 Å². The molecule has 1 unspecified atom stereocenters. The molecule has 0 radical (unpaired) electrons. The Hall–Kier alpha value is -3.19. The normalized spacial score (nSPS) is 12.3. The van der Waals surface area contributed by atoms with Gasteiger partial charge >= 0.3 is 6.43 Å². The Labute approximate surface area is 178 Å². The first-order valence-electron chi connectivity index (χ1n) is 8.54. The molecule has 0 saturated heterocycles. The van der Waals surface area contributed by atoms with E-state index >= 15 is 0 Å². The Morgan fingerprint density at radius 1 is 1.13 bits per heavy atom. The summed E-state index contributed by atoms with van der Waals surface area (Å²) in [6.07, 6.45) is 0.836. The first-order chi connectivity index (χ1) is 14.2. The van der Waals surface area contributed by atoms with Gasteiger partial charge in [-0.3, -0.25) is 0 Å². The fourth-order valence-electron chi connectivity index (χ4n) is 2.43. The van der Waals surface area contributed by atoms with E-state index in [9.17, 15) is 17.2 Å². The summed E-state index contributed by atoms with van der Waals surface area (Å²) < 4.78 is 60.6. The monoisotopic (exact) mass is 456 g/mol. The zero-order valence-corrected chi connectivity index (χ0v) is 16.7. The van der Waals surface area contributed by atoms with Crippen LogP contribution in [-0.4, -0.2) is 48.5 Å². The zero-order valence-electron chi connectivity index (χ0n) is 15.9. The van der Waals surface area contributed by atoms with Gasteiger partial charge in [0.2, 0.25) is 16.0 Å². The van der Waals surface area contributed by atoms with Crippen LogP contribution in [0.3, 0.4) is 0 Å². The Bertz CT molecular complexity index is 1080. The number of ether oxygens (including phenoxy) is 1. The summed E-state index contributed by atoms with van der Waals surface area (Å²) in [5.74, 6) is -0.0960. The third-order valence-electron chi connectivity index (χ3n) is 3.90. The highest BCUT2D eigenvalue weighted by Gasteiger charge is 2.18. The molecule has 0 bridgehead atoms. The summed E-state index contributed by atoms with van der Waals surface area (Å²) in [6, 6.07) is 6.54. The minimum Gasteiger partial charge on any atom is -0.497 e. The van der Waals surface area contributed by atoms with Crippen LogP contribution in [0.5, 0.6) is 5.75 Å². The highest BCUT2D eigenvalue weighted by molar-refractivity contribution is 7.88. The predicted octanol–water partition coefficient (Wildman–Crippen LogP) is 2.81. The molecule has 0 saturated carbocycles. The van der Waals surface area contributed by atoms with Crippen molar-refractivity contribution >= 4 is 16.0 Å². The second-order valence-electron chi connectivity index (χ2n) is 6.13. The summed E-state index contributed by atoms with van der Waals surface area (Å²) >= 11 is 0. The van der Waals surface area contributed by atoms with Crippen molar-refractivity contribution in [3.05, 3.63) is 48.1 Å². The lowest BCUT2D eigenvalue weighted by Crippen LogP contribution is -2.31. The molecule has 0 aliphatic carbocycles. The van der Waals surface area contributed by atoms with Crippen LogP contribution in [0.4, 0.5) is 14.7 Å². The summed E-state index contributed by atoms with van der Waals surface area (Å²) in [5.41, 5.74) is 1.02. The first kappa shape index (κ1) is 24.1. The van der Waals surface area contributed by atoms with E-state index in [0.717, 1.165) is 11.8 Å². The number of anilines is 1. The van der Waals surface area contributed by atoms with E-state index in [1.807, 2.05) is 0 Å². The number of benzene rings is 1. The van der Waals surface area contributed by atoms with Crippen LogP contribution in [0.15, 0.2) is 41.1 Å². The molecule has 3 aromatic rings. The lowest BCUT2D eigenvalue weighted by molar-refractivity contribution is 0.116. The molecule has 2 aromatic heterocycles. The average Bonchev–Trinajstić information content (AvgIpc) is 3.22. The Kier molecular flexibility index (Phi) is 7.94. The molecule has 1 atom stereocenters. The van der Waals surface area contributed by atoms with Crippen LogP contribution in [-0.2, 0) is 10.0 Å². The van der Waals surface area contributed by atoms with Crippen LogP contribution in [0.25, 0.3) is 11.5 Å². The number of halogens is 2. The van der Waals surface area contributed by atoms with Crippen molar-refractivity contribution in [2.24, 2.45) is 0 Å². The molecule has 1 aromatic carbocycles. The van der Waals surface area contributed by atoms with Gasteiger partial charge in [-0.2, -0.15) is 8.78 Å². The maximum absolute atomic E-state index is 12.6. The van der Waals surface area contributed by atoms with Gasteiger partial charge in [0, 0.05) is 18.9 Å². The molecule has 13 heteroatoms. The highest BCUT2D eigenvalue weighted by atomic mass is 32.2. The van der Waals surface area contributed by atoms with Crippen LogP contribution < -0.4 is 14.8 Å². The number of aromatic nitrogens is 4. The minimum absolute atomic E-state index is 0. The van der Waals surface area contributed by atoms with Crippen LogP contribution in [0, 0.1) is 0 Å².